The molecule has 1 fully saturated rings. The Hall–Kier alpha value is -0.410. The maximum Gasteiger partial charge on any atom is 0.282 e. The molecule has 0 amide bonds. The van der Waals surface area contributed by atoms with Gasteiger partial charge in [-0.15, -0.1) is 0 Å². The van der Waals surface area contributed by atoms with Gasteiger partial charge in [0, 0.05) is 5.41 Å². The molecule has 0 aliphatic carbocycles. The minimum absolute atomic E-state index is 0.0520. The van der Waals surface area contributed by atoms with Crippen LogP contribution in [0.4, 0.5) is 0 Å². The predicted molar refractivity (Wildman–Crippen MR) is 44.2 cm³/mol. The van der Waals surface area contributed by atoms with Gasteiger partial charge in [0.25, 0.3) is 6.29 Å². The second kappa shape index (κ2) is 3.15. The molecular weight excluding hydrogens is 156 g/mol. The van der Waals surface area contributed by atoms with Crippen molar-refractivity contribution in [1.82, 2.24) is 0 Å². The molecule has 0 aromatic heterocycles. The number of hydrogen-bond donors (Lipinski definition) is 0. The summed E-state index contributed by atoms with van der Waals surface area (Å²) in [5, 5.41) is 0. The van der Waals surface area contributed by atoms with Crippen LogP contribution in [0.15, 0.2) is 0 Å². The molecule has 0 aromatic rings. The summed E-state index contributed by atoms with van der Waals surface area (Å²) in [7, 11) is 0. The van der Waals surface area contributed by atoms with Gasteiger partial charge in [0.15, 0.2) is 5.78 Å². The molecule has 70 valence electrons. The van der Waals surface area contributed by atoms with Crippen LogP contribution in [0.3, 0.4) is 0 Å². The van der Waals surface area contributed by atoms with E-state index in [1.807, 2.05) is 13.8 Å². The lowest BCUT2D eigenvalue weighted by Gasteiger charge is -2.22. The Kier molecular flexibility index (Phi) is 2.54. The van der Waals surface area contributed by atoms with E-state index in [9.17, 15) is 4.79 Å². The van der Waals surface area contributed by atoms with Gasteiger partial charge in [0.1, 0.15) is 0 Å². The lowest BCUT2D eigenvalue weighted by Crippen LogP contribution is -2.29. The van der Waals surface area contributed by atoms with Gasteiger partial charge < -0.3 is 0 Å². The minimum Gasteiger partial charge on any atom is -0.293 e. The summed E-state index contributed by atoms with van der Waals surface area (Å²) in [5.41, 5.74) is -0.324. The van der Waals surface area contributed by atoms with Crippen molar-refractivity contribution < 1.29 is 14.6 Å². The van der Waals surface area contributed by atoms with E-state index in [2.05, 4.69) is 23.6 Å². The van der Waals surface area contributed by atoms with E-state index in [0.717, 1.165) is 6.42 Å². The first kappa shape index (κ1) is 9.68. The molecule has 0 N–H and O–H groups in total. The van der Waals surface area contributed by atoms with Gasteiger partial charge in [-0.25, -0.2) is 0 Å². The molecule has 0 atom stereocenters. The van der Waals surface area contributed by atoms with Crippen molar-refractivity contribution in [2.24, 2.45) is 11.3 Å². The summed E-state index contributed by atoms with van der Waals surface area (Å²) in [5.74, 6) is 0.568. The number of Topliss-reactive ketones (excluding diaryl/α,β-unsaturated/α-hetero) is 1. The third-order valence-corrected chi connectivity index (χ3v) is 1.99. The zero-order valence-corrected chi connectivity index (χ0v) is 8.09. The highest BCUT2D eigenvalue weighted by Gasteiger charge is 2.43. The van der Waals surface area contributed by atoms with Crippen LogP contribution in [0, 0.1) is 11.3 Å². The largest absolute Gasteiger partial charge is 0.293 e. The fourth-order valence-corrected chi connectivity index (χ4v) is 1.56. The Balaban J connectivity index is 2.50. The van der Waals surface area contributed by atoms with Gasteiger partial charge in [-0.05, 0) is 12.3 Å². The fraction of sp³-hybridized carbons (Fsp3) is 0.889. The number of rotatable bonds is 4. The third-order valence-electron chi connectivity index (χ3n) is 1.99. The van der Waals surface area contributed by atoms with Crippen molar-refractivity contribution >= 4 is 5.78 Å². The molecule has 1 heterocycles. The first-order valence-electron chi connectivity index (χ1n) is 4.30. The summed E-state index contributed by atoms with van der Waals surface area (Å²) in [6, 6.07) is 0. The lowest BCUT2D eigenvalue weighted by atomic mass is 9.80. The number of ketones is 1. The summed E-state index contributed by atoms with van der Waals surface area (Å²) in [4.78, 5) is 20.5. The Morgan fingerprint density at radius 3 is 2.25 bits per heavy atom. The van der Waals surface area contributed by atoms with Crippen LogP contribution in [-0.4, -0.2) is 12.1 Å². The van der Waals surface area contributed by atoms with Gasteiger partial charge >= 0.3 is 0 Å². The molecule has 0 saturated carbocycles. The van der Waals surface area contributed by atoms with E-state index < -0.39 is 6.29 Å². The van der Waals surface area contributed by atoms with Crippen LogP contribution in [0.5, 0.6) is 0 Å². The van der Waals surface area contributed by atoms with Crippen molar-refractivity contribution in [3.05, 3.63) is 0 Å². The highest BCUT2D eigenvalue weighted by atomic mass is 17.4. The maximum atomic E-state index is 11.5. The average molecular weight is 172 g/mol. The maximum absolute atomic E-state index is 11.5. The monoisotopic (exact) mass is 172 g/mol. The van der Waals surface area contributed by atoms with E-state index >= 15 is 0 Å². The molecule has 12 heavy (non-hydrogen) atoms. The van der Waals surface area contributed by atoms with Crippen LogP contribution >= 0.6 is 0 Å². The number of carbonyl (C=O) groups is 1. The third kappa shape index (κ3) is 2.29. The van der Waals surface area contributed by atoms with E-state index in [1.165, 1.54) is 0 Å². The normalized spacial score (nSPS) is 18.4. The molecule has 0 radical (unpaired) electrons. The lowest BCUT2D eigenvalue weighted by molar-refractivity contribution is -0.129. The van der Waals surface area contributed by atoms with Crippen LogP contribution in [-0.2, 0) is 14.6 Å². The topological polar surface area (TPSA) is 42.1 Å². The summed E-state index contributed by atoms with van der Waals surface area (Å²) < 4.78 is 0. The van der Waals surface area contributed by atoms with E-state index in [1.54, 1.807) is 0 Å². The van der Waals surface area contributed by atoms with Crippen molar-refractivity contribution in [3.8, 4) is 0 Å². The SMILES string of the molecule is CC(C)CC(C)(C)C(=O)C1OO1. The van der Waals surface area contributed by atoms with Crippen molar-refractivity contribution in [1.29, 1.82) is 0 Å². The van der Waals surface area contributed by atoms with E-state index in [4.69, 9.17) is 0 Å². The molecule has 0 aromatic carbocycles. The van der Waals surface area contributed by atoms with Gasteiger partial charge in [-0.1, -0.05) is 27.7 Å². The molecule has 1 rings (SSSR count). The molecule has 0 spiro atoms. The van der Waals surface area contributed by atoms with Crippen molar-refractivity contribution in [2.75, 3.05) is 0 Å². The fourth-order valence-electron chi connectivity index (χ4n) is 1.56. The summed E-state index contributed by atoms with van der Waals surface area (Å²) >= 11 is 0. The Bertz CT molecular complexity index is 180. The molecule has 3 nitrogen and oxygen atoms in total. The van der Waals surface area contributed by atoms with Crippen LogP contribution in [0.25, 0.3) is 0 Å². The predicted octanol–water partition coefficient (Wildman–Crippen LogP) is 1.92. The highest BCUT2D eigenvalue weighted by Crippen LogP contribution is 2.32. The quantitative estimate of drug-likeness (QED) is 0.480. The van der Waals surface area contributed by atoms with E-state index in [-0.39, 0.29) is 11.2 Å². The summed E-state index contributed by atoms with van der Waals surface area (Å²) in [6.45, 7) is 8.06. The highest BCUT2D eigenvalue weighted by molar-refractivity contribution is 5.87. The van der Waals surface area contributed by atoms with Crippen LogP contribution in [0.1, 0.15) is 34.1 Å². The van der Waals surface area contributed by atoms with E-state index in [0.29, 0.717) is 5.92 Å². The molecular formula is C9H16O3. The second-order valence-electron chi connectivity index (χ2n) is 4.37. The zero-order valence-electron chi connectivity index (χ0n) is 8.09. The van der Waals surface area contributed by atoms with Crippen LogP contribution in [0.2, 0.25) is 0 Å². The van der Waals surface area contributed by atoms with Crippen molar-refractivity contribution in [3.63, 3.8) is 0 Å². The average Bonchev–Trinajstić information content (AvgIpc) is 2.63. The summed E-state index contributed by atoms with van der Waals surface area (Å²) in [6.07, 6.45) is 0.286. The molecule has 1 aliphatic heterocycles. The minimum atomic E-state index is -0.584. The molecule has 3 heteroatoms. The Labute approximate surface area is 73.0 Å². The Morgan fingerprint density at radius 2 is 1.92 bits per heavy atom. The Morgan fingerprint density at radius 1 is 1.42 bits per heavy atom. The molecule has 0 unspecified atom stereocenters. The zero-order chi connectivity index (χ0) is 9.35. The number of hydrogen-bond acceptors (Lipinski definition) is 3. The molecule has 0 bridgehead atoms. The molecule has 1 aliphatic rings. The van der Waals surface area contributed by atoms with Gasteiger partial charge in [-0.2, -0.15) is 9.78 Å². The first-order valence-corrected chi connectivity index (χ1v) is 4.30. The first-order chi connectivity index (χ1) is 5.43. The number of carbonyl (C=O) groups excluding carboxylic acids is 1. The smallest absolute Gasteiger partial charge is 0.282 e. The van der Waals surface area contributed by atoms with Crippen molar-refractivity contribution in [2.45, 2.75) is 40.4 Å². The standard InChI is InChI=1S/C9H16O3/c1-6(2)5-9(3,4)7(10)8-11-12-8/h6,8H,5H2,1-4H3. The van der Waals surface area contributed by atoms with Gasteiger partial charge in [0.05, 0.1) is 0 Å². The second-order valence-corrected chi connectivity index (χ2v) is 4.37. The van der Waals surface area contributed by atoms with Gasteiger partial charge in [-0.3, -0.25) is 4.79 Å². The van der Waals surface area contributed by atoms with Gasteiger partial charge in [0.2, 0.25) is 0 Å². The van der Waals surface area contributed by atoms with Crippen LogP contribution < -0.4 is 0 Å². The molecule has 1 saturated heterocycles.